The van der Waals surface area contributed by atoms with Crippen molar-refractivity contribution in [2.45, 2.75) is 26.3 Å². The van der Waals surface area contributed by atoms with Gasteiger partial charge in [0, 0.05) is 6.54 Å². The van der Waals surface area contributed by atoms with Crippen molar-refractivity contribution in [2.24, 2.45) is 5.92 Å². The second-order valence-electron chi connectivity index (χ2n) is 5.40. The summed E-state index contributed by atoms with van der Waals surface area (Å²) in [5.74, 6) is 1.15. The lowest BCUT2D eigenvalue weighted by atomic mass is 10.0. The number of nitrogens with zero attached hydrogens (tertiary/aromatic N) is 3. The summed E-state index contributed by atoms with van der Waals surface area (Å²) in [5.41, 5.74) is 0. The van der Waals surface area contributed by atoms with Gasteiger partial charge in [0.05, 0.1) is 10.6 Å². The summed E-state index contributed by atoms with van der Waals surface area (Å²) in [4.78, 5) is 5.32. The van der Waals surface area contributed by atoms with E-state index < -0.39 is 16.1 Å². The van der Waals surface area contributed by atoms with Gasteiger partial charge in [-0.25, -0.2) is 8.42 Å². The average Bonchev–Trinajstić information content (AvgIpc) is 3.11. The van der Waals surface area contributed by atoms with E-state index in [0.717, 1.165) is 4.88 Å². The third-order valence-electron chi connectivity index (χ3n) is 3.52. The molecule has 2 aromatic heterocycles. The lowest BCUT2D eigenvalue weighted by molar-refractivity contribution is 0.214. The largest absolute Gasteiger partial charge is 0.337 e. The van der Waals surface area contributed by atoms with Crippen molar-refractivity contribution in [2.75, 3.05) is 12.3 Å². The van der Waals surface area contributed by atoms with Gasteiger partial charge in [-0.05, 0) is 23.8 Å². The van der Waals surface area contributed by atoms with E-state index in [1.54, 1.807) is 0 Å². The molecule has 1 atom stereocenters. The molecule has 0 saturated carbocycles. The van der Waals surface area contributed by atoms with E-state index in [1.807, 2.05) is 31.4 Å². The van der Waals surface area contributed by atoms with Gasteiger partial charge in [0.2, 0.25) is 21.7 Å². The van der Waals surface area contributed by atoms with E-state index in [-0.39, 0.29) is 11.7 Å². The van der Waals surface area contributed by atoms with Gasteiger partial charge in [-0.3, -0.25) is 0 Å². The maximum atomic E-state index is 12.2. The smallest absolute Gasteiger partial charge is 0.245 e. The summed E-state index contributed by atoms with van der Waals surface area (Å²) in [5, 5.41) is 5.92. The molecule has 0 spiro atoms. The first-order valence-electron chi connectivity index (χ1n) is 6.86. The summed E-state index contributed by atoms with van der Waals surface area (Å²) < 4.78 is 31.2. The first-order chi connectivity index (χ1) is 9.99. The van der Waals surface area contributed by atoms with Gasteiger partial charge in [-0.1, -0.05) is 25.1 Å². The third-order valence-corrected chi connectivity index (χ3v) is 6.31. The average molecular weight is 327 g/mol. The molecule has 0 N–H and O–H groups in total. The van der Waals surface area contributed by atoms with Crippen LogP contribution in [0, 0.1) is 5.92 Å². The summed E-state index contributed by atoms with van der Waals surface area (Å²) >= 11 is 1.52. The standard InChI is InChI=1S/C13H17N3O3S2/c1-9(2)11(16-6-4-8-21(16,17)18)13-14-12(15-19-13)10-5-3-7-20-10/h3,5,7,9,11H,4,6,8H2,1-2H3/t11-/m1/s1. The van der Waals surface area contributed by atoms with Crippen LogP contribution in [0.1, 0.15) is 32.2 Å². The Labute approximate surface area is 127 Å². The Morgan fingerprint density at radius 2 is 2.24 bits per heavy atom. The first-order valence-corrected chi connectivity index (χ1v) is 9.35. The molecule has 1 aliphatic heterocycles. The van der Waals surface area contributed by atoms with Crippen LogP contribution in [0.3, 0.4) is 0 Å². The summed E-state index contributed by atoms with van der Waals surface area (Å²) in [6.07, 6.45) is 0.650. The van der Waals surface area contributed by atoms with E-state index in [1.165, 1.54) is 15.6 Å². The molecule has 0 amide bonds. The van der Waals surface area contributed by atoms with Gasteiger partial charge in [-0.2, -0.15) is 9.29 Å². The van der Waals surface area contributed by atoms with Crippen LogP contribution in [0.5, 0.6) is 0 Å². The second-order valence-corrected chi connectivity index (χ2v) is 8.39. The Morgan fingerprint density at radius 3 is 2.81 bits per heavy atom. The Hall–Kier alpha value is -1.25. The fraction of sp³-hybridized carbons (Fsp3) is 0.538. The van der Waals surface area contributed by atoms with Crippen LogP contribution in [0.15, 0.2) is 22.0 Å². The highest BCUT2D eigenvalue weighted by Crippen LogP contribution is 2.34. The molecule has 21 heavy (non-hydrogen) atoms. The van der Waals surface area contributed by atoms with Gasteiger partial charge in [0.15, 0.2) is 0 Å². The Bertz CT molecular complexity index is 707. The lowest BCUT2D eigenvalue weighted by Gasteiger charge is -2.26. The SMILES string of the molecule is CC(C)[C@H](c1nc(-c2cccs2)no1)N1CCCS1(=O)=O. The lowest BCUT2D eigenvalue weighted by Crippen LogP contribution is -2.33. The number of hydrogen-bond acceptors (Lipinski definition) is 6. The van der Waals surface area contributed by atoms with E-state index in [9.17, 15) is 8.42 Å². The molecule has 0 radical (unpaired) electrons. The molecule has 0 unspecified atom stereocenters. The number of thiophene rings is 1. The molecule has 6 nitrogen and oxygen atoms in total. The van der Waals surface area contributed by atoms with Gasteiger partial charge >= 0.3 is 0 Å². The highest BCUT2D eigenvalue weighted by molar-refractivity contribution is 7.89. The quantitative estimate of drug-likeness (QED) is 0.862. The Morgan fingerprint density at radius 1 is 1.43 bits per heavy atom. The molecule has 0 aromatic carbocycles. The van der Waals surface area contributed by atoms with Gasteiger partial charge < -0.3 is 4.52 Å². The number of aromatic nitrogens is 2. The maximum absolute atomic E-state index is 12.2. The van der Waals surface area contributed by atoms with Crippen LogP contribution >= 0.6 is 11.3 Å². The predicted octanol–water partition coefficient (Wildman–Crippen LogP) is 2.53. The normalized spacial score (nSPS) is 20.1. The van der Waals surface area contributed by atoms with Crippen LogP contribution < -0.4 is 0 Å². The van der Waals surface area contributed by atoms with E-state index in [4.69, 9.17) is 4.52 Å². The molecule has 2 aromatic rings. The molecular formula is C13H17N3O3S2. The van der Waals surface area contributed by atoms with Crippen LogP contribution in [0.25, 0.3) is 10.7 Å². The molecule has 8 heteroatoms. The van der Waals surface area contributed by atoms with Crippen LogP contribution in [0.4, 0.5) is 0 Å². The van der Waals surface area contributed by atoms with Crippen molar-refractivity contribution >= 4 is 21.4 Å². The predicted molar refractivity (Wildman–Crippen MR) is 80.3 cm³/mol. The van der Waals surface area contributed by atoms with Gasteiger partial charge in [-0.15, -0.1) is 11.3 Å². The molecule has 0 aliphatic carbocycles. The monoisotopic (exact) mass is 327 g/mol. The first kappa shape index (κ1) is 14.7. The molecular weight excluding hydrogens is 310 g/mol. The highest BCUT2D eigenvalue weighted by atomic mass is 32.2. The minimum atomic E-state index is -3.22. The second kappa shape index (κ2) is 5.51. The minimum absolute atomic E-state index is 0.0644. The highest BCUT2D eigenvalue weighted by Gasteiger charge is 2.39. The number of sulfonamides is 1. The zero-order valence-electron chi connectivity index (χ0n) is 11.9. The van der Waals surface area contributed by atoms with Crippen molar-refractivity contribution < 1.29 is 12.9 Å². The fourth-order valence-corrected chi connectivity index (χ4v) is 5.04. The maximum Gasteiger partial charge on any atom is 0.245 e. The Balaban J connectivity index is 1.95. The van der Waals surface area contributed by atoms with E-state index in [0.29, 0.717) is 24.7 Å². The molecule has 3 rings (SSSR count). The number of hydrogen-bond donors (Lipinski definition) is 0. The number of rotatable bonds is 4. The van der Waals surface area contributed by atoms with Crippen LogP contribution in [-0.2, 0) is 10.0 Å². The molecule has 1 aliphatic rings. The van der Waals surface area contributed by atoms with Crippen LogP contribution in [-0.4, -0.2) is 35.2 Å². The molecule has 114 valence electrons. The summed E-state index contributed by atoms with van der Waals surface area (Å²) in [7, 11) is -3.22. The van der Waals surface area contributed by atoms with Crippen molar-refractivity contribution in [1.82, 2.24) is 14.4 Å². The molecule has 0 bridgehead atoms. The summed E-state index contributed by atoms with van der Waals surface area (Å²) in [6.45, 7) is 4.45. The van der Waals surface area contributed by atoms with Crippen molar-refractivity contribution in [1.29, 1.82) is 0 Å². The zero-order valence-corrected chi connectivity index (χ0v) is 13.5. The zero-order chi connectivity index (χ0) is 15.0. The third kappa shape index (κ3) is 2.75. The minimum Gasteiger partial charge on any atom is -0.337 e. The van der Waals surface area contributed by atoms with Crippen molar-refractivity contribution in [3.63, 3.8) is 0 Å². The Kier molecular flexibility index (Phi) is 3.85. The van der Waals surface area contributed by atoms with Gasteiger partial charge in [0.25, 0.3) is 0 Å². The summed E-state index contributed by atoms with van der Waals surface area (Å²) in [6, 6.07) is 3.44. The molecule has 3 heterocycles. The van der Waals surface area contributed by atoms with E-state index in [2.05, 4.69) is 10.1 Å². The van der Waals surface area contributed by atoms with Crippen LogP contribution in [0.2, 0.25) is 0 Å². The van der Waals surface area contributed by atoms with E-state index >= 15 is 0 Å². The van der Waals surface area contributed by atoms with Gasteiger partial charge in [0.1, 0.15) is 6.04 Å². The molecule has 1 saturated heterocycles. The fourth-order valence-electron chi connectivity index (χ4n) is 2.57. The topological polar surface area (TPSA) is 76.3 Å². The van der Waals surface area contributed by atoms with Crippen molar-refractivity contribution in [3.8, 4) is 10.7 Å². The molecule has 1 fully saturated rings. The van der Waals surface area contributed by atoms with Crippen molar-refractivity contribution in [3.05, 3.63) is 23.4 Å².